The second-order valence-corrected chi connectivity index (χ2v) is 7.02. The molecule has 4 rings (SSSR count). The number of hydrogen-bond donors (Lipinski definition) is 1. The van der Waals surface area contributed by atoms with Crippen molar-refractivity contribution in [1.82, 2.24) is 15.1 Å². The number of hydrogen-bond acceptors (Lipinski definition) is 3. The van der Waals surface area contributed by atoms with Gasteiger partial charge in [-0.2, -0.15) is 0 Å². The van der Waals surface area contributed by atoms with Crippen LogP contribution in [0.25, 0.3) is 0 Å². The Labute approximate surface area is 141 Å². The number of carbonyl (C=O) groups excluding carboxylic acids is 2. The first-order valence-corrected chi connectivity index (χ1v) is 8.68. The number of urea groups is 1. The van der Waals surface area contributed by atoms with Crippen LogP contribution in [0, 0.1) is 5.92 Å². The van der Waals surface area contributed by atoms with Crippen LogP contribution in [0.15, 0.2) is 24.3 Å². The van der Waals surface area contributed by atoms with Crippen LogP contribution in [0.2, 0.25) is 0 Å². The van der Waals surface area contributed by atoms with Gasteiger partial charge in [-0.3, -0.25) is 4.79 Å². The number of fused-ring (bicyclic) bond motifs is 1. The second kappa shape index (κ2) is 6.00. The molecular formula is C18H23N3O3. The molecule has 3 amide bonds. The van der Waals surface area contributed by atoms with Crippen molar-refractivity contribution >= 4 is 11.9 Å². The molecule has 1 aromatic carbocycles. The topological polar surface area (TPSA) is 61.9 Å². The summed E-state index contributed by atoms with van der Waals surface area (Å²) in [6, 6.07) is 7.62. The highest BCUT2D eigenvalue weighted by molar-refractivity contribution is 5.97. The van der Waals surface area contributed by atoms with Crippen molar-refractivity contribution in [3.63, 3.8) is 0 Å². The second-order valence-electron chi connectivity index (χ2n) is 7.02. The molecule has 0 unspecified atom stereocenters. The van der Waals surface area contributed by atoms with Gasteiger partial charge in [-0.05, 0) is 37.3 Å². The molecule has 0 spiro atoms. The fourth-order valence-electron chi connectivity index (χ4n) is 3.57. The average Bonchev–Trinajstić information content (AvgIpc) is 3.39. The van der Waals surface area contributed by atoms with Crippen molar-refractivity contribution in [3.8, 4) is 5.75 Å². The van der Waals surface area contributed by atoms with Gasteiger partial charge in [0.2, 0.25) is 0 Å². The zero-order valence-corrected chi connectivity index (χ0v) is 13.9. The molecule has 1 N–H and O–H groups in total. The van der Waals surface area contributed by atoms with Crippen molar-refractivity contribution in [3.05, 3.63) is 29.8 Å². The number of likely N-dealkylation sites (tertiary alicyclic amines) is 1. The summed E-state index contributed by atoms with van der Waals surface area (Å²) in [5.74, 6) is 1.31. The van der Waals surface area contributed by atoms with Crippen LogP contribution in [-0.2, 0) is 0 Å². The van der Waals surface area contributed by atoms with E-state index in [1.165, 1.54) is 12.8 Å². The first kappa shape index (κ1) is 15.3. The van der Waals surface area contributed by atoms with Crippen LogP contribution in [0.3, 0.4) is 0 Å². The Morgan fingerprint density at radius 3 is 2.88 bits per heavy atom. The molecule has 0 bridgehead atoms. The third-order valence-corrected chi connectivity index (χ3v) is 5.28. The molecule has 24 heavy (non-hydrogen) atoms. The highest BCUT2D eigenvalue weighted by Crippen LogP contribution is 2.31. The van der Waals surface area contributed by atoms with E-state index in [0.717, 1.165) is 6.42 Å². The van der Waals surface area contributed by atoms with Gasteiger partial charge >= 0.3 is 6.03 Å². The van der Waals surface area contributed by atoms with Crippen molar-refractivity contribution in [2.45, 2.75) is 31.3 Å². The van der Waals surface area contributed by atoms with Gasteiger partial charge in [0, 0.05) is 20.1 Å². The lowest BCUT2D eigenvalue weighted by Gasteiger charge is -2.36. The van der Waals surface area contributed by atoms with Crippen LogP contribution in [0.4, 0.5) is 4.79 Å². The molecule has 3 fully saturated rings. The third kappa shape index (κ3) is 2.81. The van der Waals surface area contributed by atoms with E-state index < -0.39 is 0 Å². The zero-order chi connectivity index (χ0) is 16.7. The summed E-state index contributed by atoms with van der Waals surface area (Å²) in [5, 5.41) is 2.97. The minimum Gasteiger partial charge on any atom is -0.492 e. The smallest absolute Gasteiger partial charge is 0.317 e. The van der Waals surface area contributed by atoms with E-state index in [-0.39, 0.29) is 24.0 Å². The Hall–Kier alpha value is -2.24. The third-order valence-electron chi connectivity index (χ3n) is 5.28. The molecule has 128 valence electrons. The number of amides is 3. The molecule has 2 saturated heterocycles. The number of nitrogens with zero attached hydrogens (tertiary/aromatic N) is 2. The molecule has 0 aromatic heterocycles. The normalized spacial score (nSPS) is 26.1. The fourth-order valence-corrected chi connectivity index (χ4v) is 3.57. The summed E-state index contributed by atoms with van der Waals surface area (Å²) in [6.07, 6.45) is 3.24. The number of benzene rings is 1. The zero-order valence-electron chi connectivity index (χ0n) is 13.9. The molecule has 6 heteroatoms. The van der Waals surface area contributed by atoms with Crippen LogP contribution in [0.1, 0.15) is 29.6 Å². The highest BCUT2D eigenvalue weighted by Gasteiger charge is 2.42. The summed E-state index contributed by atoms with van der Waals surface area (Å²) in [5.41, 5.74) is 0.620. The molecular weight excluding hydrogens is 306 g/mol. The predicted molar refractivity (Wildman–Crippen MR) is 89.1 cm³/mol. The number of carbonyl (C=O) groups is 2. The van der Waals surface area contributed by atoms with Gasteiger partial charge in [-0.15, -0.1) is 0 Å². The van der Waals surface area contributed by atoms with E-state index in [9.17, 15) is 9.59 Å². The quantitative estimate of drug-likeness (QED) is 0.915. The number of rotatable bonds is 4. The lowest BCUT2D eigenvalue weighted by molar-refractivity contribution is 0.0661. The summed E-state index contributed by atoms with van der Waals surface area (Å²) in [6.45, 7) is 1.91. The Morgan fingerprint density at radius 2 is 2.08 bits per heavy atom. The number of likely N-dealkylation sites (N-methyl/N-ethyl adjacent to an activating group) is 1. The first-order valence-electron chi connectivity index (χ1n) is 8.68. The van der Waals surface area contributed by atoms with E-state index in [1.807, 2.05) is 36.2 Å². The van der Waals surface area contributed by atoms with Crippen molar-refractivity contribution < 1.29 is 14.3 Å². The minimum atomic E-state index is -0.0486. The molecule has 2 atom stereocenters. The molecule has 3 aliphatic rings. The van der Waals surface area contributed by atoms with Crippen LogP contribution in [-0.4, -0.2) is 60.6 Å². The number of nitrogens with one attached hydrogen (secondary N) is 1. The first-order chi connectivity index (χ1) is 11.6. The van der Waals surface area contributed by atoms with Crippen molar-refractivity contribution in [2.75, 3.05) is 26.7 Å². The van der Waals surface area contributed by atoms with Gasteiger partial charge in [0.25, 0.3) is 5.91 Å². The molecule has 1 saturated carbocycles. The molecule has 2 aliphatic heterocycles. The van der Waals surface area contributed by atoms with Gasteiger partial charge in [-0.1, -0.05) is 12.1 Å². The maximum atomic E-state index is 13.0. The van der Waals surface area contributed by atoms with Crippen LogP contribution in [0.5, 0.6) is 5.75 Å². The van der Waals surface area contributed by atoms with Gasteiger partial charge < -0.3 is 19.9 Å². The highest BCUT2D eigenvalue weighted by atomic mass is 16.5. The summed E-state index contributed by atoms with van der Waals surface area (Å²) in [7, 11) is 1.82. The number of para-hydroxylation sites is 1. The predicted octanol–water partition coefficient (Wildman–Crippen LogP) is 1.71. The van der Waals surface area contributed by atoms with Gasteiger partial charge in [0.05, 0.1) is 24.3 Å². The largest absolute Gasteiger partial charge is 0.492 e. The van der Waals surface area contributed by atoms with E-state index in [1.54, 1.807) is 4.90 Å². The van der Waals surface area contributed by atoms with E-state index in [0.29, 0.717) is 36.9 Å². The Kier molecular flexibility index (Phi) is 3.82. The van der Waals surface area contributed by atoms with Gasteiger partial charge in [0.1, 0.15) is 5.75 Å². The minimum absolute atomic E-state index is 0.0105. The summed E-state index contributed by atoms with van der Waals surface area (Å²) in [4.78, 5) is 28.3. The molecule has 0 radical (unpaired) electrons. The fraction of sp³-hybridized carbons (Fsp3) is 0.556. The molecule has 6 nitrogen and oxygen atoms in total. The van der Waals surface area contributed by atoms with E-state index in [4.69, 9.17) is 4.74 Å². The van der Waals surface area contributed by atoms with Gasteiger partial charge in [0.15, 0.2) is 0 Å². The van der Waals surface area contributed by atoms with Crippen LogP contribution >= 0.6 is 0 Å². The van der Waals surface area contributed by atoms with Crippen molar-refractivity contribution in [2.24, 2.45) is 5.92 Å². The van der Waals surface area contributed by atoms with E-state index >= 15 is 0 Å². The Bertz CT molecular complexity index is 659. The summed E-state index contributed by atoms with van der Waals surface area (Å²) < 4.78 is 5.87. The SMILES string of the molecule is CN1C(=O)N[C@@H]2CN(C(=O)c3ccccc3OCC3CC3)CC[C@@H]21. The molecule has 1 aromatic rings. The van der Waals surface area contributed by atoms with Crippen LogP contribution < -0.4 is 10.1 Å². The summed E-state index contributed by atoms with van der Waals surface area (Å²) >= 11 is 0. The van der Waals surface area contributed by atoms with Gasteiger partial charge in [-0.25, -0.2) is 4.79 Å². The lowest BCUT2D eigenvalue weighted by Crippen LogP contribution is -2.52. The lowest BCUT2D eigenvalue weighted by atomic mass is 9.99. The maximum absolute atomic E-state index is 13.0. The molecule has 1 aliphatic carbocycles. The molecule has 2 heterocycles. The number of ether oxygens (including phenoxy) is 1. The Morgan fingerprint density at radius 1 is 1.29 bits per heavy atom. The maximum Gasteiger partial charge on any atom is 0.317 e. The monoisotopic (exact) mass is 329 g/mol. The van der Waals surface area contributed by atoms with E-state index in [2.05, 4.69) is 5.32 Å². The standard InChI is InChI=1S/C18H23N3O3/c1-20-15-8-9-21(10-14(15)19-18(20)23)17(22)13-4-2-3-5-16(13)24-11-12-6-7-12/h2-5,12,14-15H,6-11H2,1H3,(H,19,23)/t14-,15+/m1/s1. The number of piperidine rings is 1. The average molecular weight is 329 g/mol. The van der Waals surface area contributed by atoms with Crippen molar-refractivity contribution in [1.29, 1.82) is 0 Å². The Balaban J connectivity index is 1.47.